The predicted molar refractivity (Wildman–Crippen MR) is 76.4 cm³/mol. The Morgan fingerprint density at radius 3 is 2.20 bits per heavy atom. The molecular formula is C13H24B2O5. The summed E-state index contributed by atoms with van der Waals surface area (Å²) < 4.78 is 29.5. The highest BCUT2D eigenvalue weighted by Gasteiger charge is 2.54. The van der Waals surface area contributed by atoms with Gasteiger partial charge in [-0.1, -0.05) is 39.5 Å². The van der Waals surface area contributed by atoms with Crippen LogP contribution in [0.3, 0.4) is 0 Å². The molecule has 112 valence electrons. The first kappa shape index (κ1) is 14.9. The van der Waals surface area contributed by atoms with Crippen LogP contribution in [0.4, 0.5) is 0 Å². The molecule has 4 unspecified atom stereocenters. The van der Waals surface area contributed by atoms with Crippen molar-refractivity contribution in [2.75, 3.05) is 6.61 Å². The zero-order valence-electron chi connectivity index (χ0n) is 12.5. The van der Waals surface area contributed by atoms with Crippen LogP contribution in [0.1, 0.15) is 39.5 Å². The maximum absolute atomic E-state index is 6.03. The maximum Gasteiger partial charge on any atom is 0.459 e. The molecule has 0 N–H and O–H groups in total. The van der Waals surface area contributed by atoms with E-state index in [1.54, 1.807) is 0 Å². The minimum Gasteiger partial charge on any atom is -0.403 e. The molecule has 4 atom stereocenters. The van der Waals surface area contributed by atoms with Crippen LogP contribution in [0.2, 0.25) is 12.6 Å². The van der Waals surface area contributed by atoms with E-state index in [0.29, 0.717) is 6.61 Å². The van der Waals surface area contributed by atoms with E-state index in [-0.39, 0.29) is 38.8 Å². The van der Waals surface area contributed by atoms with Gasteiger partial charge in [0.2, 0.25) is 0 Å². The second kappa shape index (κ2) is 6.79. The number of hydrogen-bond acceptors (Lipinski definition) is 5. The molecule has 3 aliphatic heterocycles. The minimum absolute atomic E-state index is 0.00775. The van der Waals surface area contributed by atoms with Crippen LogP contribution in [0.15, 0.2) is 0 Å². The zero-order chi connectivity index (χ0) is 13.9. The molecule has 3 heterocycles. The normalized spacial score (nSPS) is 36.3. The number of rotatable bonds is 6. The highest BCUT2D eigenvalue weighted by molar-refractivity contribution is 6.46. The molecule has 0 aromatic heterocycles. The Morgan fingerprint density at radius 2 is 1.50 bits per heavy atom. The quantitative estimate of drug-likeness (QED) is 0.698. The van der Waals surface area contributed by atoms with Crippen LogP contribution in [0.25, 0.3) is 0 Å². The average molecular weight is 282 g/mol. The monoisotopic (exact) mass is 282 g/mol. The largest absolute Gasteiger partial charge is 0.459 e. The van der Waals surface area contributed by atoms with Crippen molar-refractivity contribution in [2.45, 2.75) is 76.8 Å². The molecule has 20 heavy (non-hydrogen) atoms. The smallest absolute Gasteiger partial charge is 0.403 e. The molecule has 3 aliphatic rings. The molecule has 0 radical (unpaired) electrons. The Kier molecular flexibility index (Phi) is 5.04. The molecule has 5 nitrogen and oxygen atoms in total. The van der Waals surface area contributed by atoms with E-state index in [2.05, 4.69) is 13.8 Å². The van der Waals surface area contributed by atoms with Crippen LogP contribution in [-0.2, 0) is 23.4 Å². The fourth-order valence-electron chi connectivity index (χ4n) is 3.06. The number of fused-ring (bicyclic) bond motifs is 3. The molecule has 3 saturated heterocycles. The summed E-state index contributed by atoms with van der Waals surface area (Å²) in [5.74, 6) is 0. The van der Waals surface area contributed by atoms with Gasteiger partial charge in [-0.25, -0.2) is 0 Å². The summed E-state index contributed by atoms with van der Waals surface area (Å²) in [4.78, 5) is 0. The van der Waals surface area contributed by atoms with Crippen molar-refractivity contribution < 1.29 is 23.4 Å². The lowest BCUT2D eigenvalue weighted by atomic mass is 9.82. The summed E-state index contributed by atoms with van der Waals surface area (Å²) >= 11 is 0. The van der Waals surface area contributed by atoms with Gasteiger partial charge in [0.05, 0.1) is 18.8 Å². The molecule has 0 saturated carbocycles. The second-order valence-electron chi connectivity index (χ2n) is 5.86. The SMILES string of the molecule is CCCCB1OC2COC3OB(CCCC)OC3C2O1. The van der Waals surface area contributed by atoms with Crippen LogP contribution in [-0.4, -0.2) is 45.4 Å². The molecule has 0 aromatic carbocycles. The molecule has 3 rings (SSSR count). The fraction of sp³-hybridized carbons (Fsp3) is 1.00. The van der Waals surface area contributed by atoms with E-state index < -0.39 is 0 Å². The van der Waals surface area contributed by atoms with Gasteiger partial charge in [-0.15, -0.1) is 0 Å². The van der Waals surface area contributed by atoms with Crippen molar-refractivity contribution in [3.63, 3.8) is 0 Å². The maximum atomic E-state index is 6.03. The van der Waals surface area contributed by atoms with Crippen LogP contribution in [0.5, 0.6) is 0 Å². The van der Waals surface area contributed by atoms with Crippen molar-refractivity contribution in [3.05, 3.63) is 0 Å². The van der Waals surface area contributed by atoms with E-state index in [1.807, 2.05) is 0 Å². The average Bonchev–Trinajstić information content (AvgIpc) is 3.05. The lowest BCUT2D eigenvalue weighted by Crippen LogP contribution is -2.49. The first-order valence-corrected chi connectivity index (χ1v) is 8.05. The van der Waals surface area contributed by atoms with E-state index >= 15 is 0 Å². The van der Waals surface area contributed by atoms with E-state index in [0.717, 1.165) is 38.3 Å². The van der Waals surface area contributed by atoms with E-state index in [1.165, 1.54) is 0 Å². The third kappa shape index (κ3) is 3.07. The van der Waals surface area contributed by atoms with E-state index in [9.17, 15) is 0 Å². The summed E-state index contributed by atoms with van der Waals surface area (Å²) in [5.41, 5.74) is 0. The molecule has 0 amide bonds. The standard InChI is InChI=1S/C13H24B2O5/c1-3-5-7-14-17-10-9-16-13-12(11(10)18-14)19-15(20-13)8-6-4-2/h10-13H,3-9H2,1-2H3. The predicted octanol–water partition coefficient (Wildman–Crippen LogP) is 2.12. The van der Waals surface area contributed by atoms with Gasteiger partial charge in [-0.3, -0.25) is 0 Å². The molecule has 0 aromatic rings. The van der Waals surface area contributed by atoms with Gasteiger partial charge in [0, 0.05) is 0 Å². The summed E-state index contributed by atoms with van der Waals surface area (Å²) in [5, 5.41) is 0. The summed E-state index contributed by atoms with van der Waals surface area (Å²) in [6, 6.07) is 0. The zero-order valence-corrected chi connectivity index (χ0v) is 12.5. The lowest BCUT2D eigenvalue weighted by Gasteiger charge is -2.33. The van der Waals surface area contributed by atoms with Crippen molar-refractivity contribution >= 4 is 14.2 Å². The molecule has 0 spiro atoms. The van der Waals surface area contributed by atoms with Crippen molar-refractivity contribution in [1.82, 2.24) is 0 Å². The van der Waals surface area contributed by atoms with Gasteiger partial charge >= 0.3 is 14.2 Å². The summed E-state index contributed by atoms with van der Waals surface area (Å²) in [7, 11) is -0.257. The first-order valence-electron chi connectivity index (χ1n) is 8.05. The van der Waals surface area contributed by atoms with E-state index in [4.69, 9.17) is 23.4 Å². The van der Waals surface area contributed by atoms with Crippen LogP contribution >= 0.6 is 0 Å². The second-order valence-corrected chi connectivity index (χ2v) is 5.86. The topological polar surface area (TPSA) is 46.2 Å². The van der Waals surface area contributed by atoms with Crippen LogP contribution < -0.4 is 0 Å². The minimum atomic E-state index is -0.286. The van der Waals surface area contributed by atoms with Gasteiger partial charge in [0.1, 0.15) is 6.10 Å². The van der Waals surface area contributed by atoms with Crippen LogP contribution in [0, 0.1) is 0 Å². The molecule has 0 bridgehead atoms. The summed E-state index contributed by atoms with van der Waals surface area (Å²) in [6.07, 6.45) is 5.92. The number of ether oxygens (including phenoxy) is 1. The third-order valence-electron chi connectivity index (χ3n) is 4.20. The Morgan fingerprint density at radius 1 is 0.850 bits per heavy atom. The highest BCUT2D eigenvalue weighted by Crippen LogP contribution is 2.35. The highest BCUT2D eigenvalue weighted by atomic mass is 16.8. The molecule has 7 heteroatoms. The van der Waals surface area contributed by atoms with Gasteiger partial charge in [-0.05, 0) is 12.6 Å². The third-order valence-corrected chi connectivity index (χ3v) is 4.20. The number of hydrogen-bond donors (Lipinski definition) is 0. The van der Waals surface area contributed by atoms with Gasteiger partial charge < -0.3 is 23.4 Å². The Bertz CT molecular complexity index is 289. The lowest BCUT2D eigenvalue weighted by molar-refractivity contribution is -0.177. The van der Waals surface area contributed by atoms with Gasteiger partial charge in [0.25, 0.3) is 0 Å². The van der Waals surface area contributed by atoms with Crippen molar-refractivity contribution in [2.24, 2.45) is 0 Å². The summed E-state index contributed by atoms with van der Waals surface area (Å²) in [6.45, 7) is 4.88. The Labute approximate surface area is 121 Å². The number of unbranched alkanes of at least 4 members (excludes halogenated alkanes) is 2. The van der Waals surface area contributed by atoms with Gasteiger partial charge in [-0.2, -0.15) is 0 Å². The molecule has 0 aliphatic carbocycles. The Hall–Kier alpha value is -0.0701. The Balaban J connectivity index is 1.55. The molecular weight excluding hydrogens is 258 g/mol. The van der Waals surface area contributed by atoms with Gasteiger partial charge in [0.15, 0.2) is 6.29 Å². The first-order chi connectivity index (χ1) is 9.81. The fourth-order valence-corrected chi connectivity index (χ4v) is 3.06. The van der Waals surface area contributed by atoms with Crippen molar-refractivity contribution in [1.29, 1.82) is 0 Å². The molecule has 3 fully saturated rings. The van der Waals surface area contributed by atoms with Crippen molar-refractivity contribution in [3.8, 4) is 0 Å².